The van der Waals surface area contributed by atoms with Crippen molar-refractivity contribution in [1.29, 1.82) is 10.5 Å². The van der Waals surface area contributed by atoms with Crippen molar-refractivity contribution in [1.82, 2.24) is 0 Å². The summed E-state index contributed by atoms with van der Waals surface area (Å²) in [4.78, 5) is 0. The van der Waals surface area contributed by atoms with Gasteiger partial charge in [0.15, 0.2) is 0 Å². The first-order chi connectivity index (χ1) is 15.9. The minimum Gasteiger partial charge on any atom is -0.207 e. The predicted molar refractivity (Wildman–Crippen MR) is 107 cm³/mol. The van der Waals surface area contributed by atoms with Gasteiger partial charge in [-0.15, -0.1) is 0 Å². The lowest BCUT2D eigenvalue weighted by atomic mass is 9.92. The molecule has 0 atom stereocenters. The highest BCUT2D eigenvalue weighted by Gasteiger charge is 2.37. The van der Waals surface area contributed by atoms with Crippen LogP contribution in [0.15, 0.2) is 60.7 Å². The van der Waals surface area contributed by atoms with E-state index in [2.05, 4.69) is 0 Å². The fourth-order valence-corrected chi connectivity index (χ4v) is 3.30. The van der Waals surface area contributed by atoms with Gasteiger partial charge in [-0.2, -0.15) is 36.9 Å². The van der Waals surface area contributed by atoms with Gasteiger partial charge >= 0.3 is 12.4 Å². The van der Waals surface area contributed by atoms with Crippen LogP contribution in [-0.2, 0) is 0 Å². The standard InChI is InChI=1S/C24H10F8N2/c25-15-5-1-13(2-6-15)17-9-20(22(12-34)24(30,31)32)18(14-3-7-16(26)8-4-14)10-19(17)21(11-33)23(27,28)29/h1-10H/b21-19+,22-20+. The Kier molecular flexibility index (Phi) is 6.47. The number of hydrogen-bond acceptors (Lipinski definition) is 2. The highest BCUT2D eigenvalue weighted by molar-refractivity contribution is 5.81. The van der Waals surface area contributed by atoms with E-state index in [-0.39, 0.29) is 11.1 Å². The molecule has 3 aromatic rings. The van der Waals surface area contributed by atoms with E-state index in [0.717, 1.165) is 60.7 Å². The van der Waals surface area contributed by atoms with Crippen LogP contribution in [0.4, 0.5) is 35.1 Å². The Balaban J connectivity index is 2.67. The number of alkyl halides is 6. The Morgan fingerprint density at radius 3 is 1.09 bits per heavy atom. The van der Waals surface area contributed by atoms with Crippen LogP contribution in [0, 0.1) is 34.3 Å². The van der Waals surface area contributed by atoms with Gasteiger partial charge < -0.3 is 0 Å². The first kappa shape index (κ1) is 24.5. The molecule has 2 nitrogen and oxygen atoms in total. The molecule has 172 valence electrons. The molecule has 0 saturated carbocycles. The second-order valence-electron chi connectivity index (χ2n) is 6.93. The molecule has 0 spiro atoms. The maximum atomic E-state index is 13.7. The quantitative estimate of drug-likeness (QED) is 0.439. The lowest BCUT2D eigenvalue weighted by molar-refractivity contribution is -0.0694. The molecule has 3 aromatic carbocycles. The molecular formula is C24H10F8N2. The molecule has 0 bridgehead atoms. The largest absolute Gasteiger partial charge is 0.426 e. The van der Waals surface area contributed by atoms with Crippen molar-refractivity contribution < 1.29 is 35.1 Å². The highest BCUT2D eigenvalue weighted by Crippen LogP contribution is 2.30. The van der Waals surface area contributed by atoms with E-state index in [1.165, 1.54) is 0 Å². The lowest BCUT2D eigenvalue weighted by Gasteiger charge is -2.14. The molecule has 0 aromatic heterocycles. The van der Waals surface area contributed by atoms with E-state index in [4.69, 9.17) is 0 Å². The number of halogens is 8. The van der Waals surface area contributed by atoms with Gasteiger partial charge in [0.25, 0.3) is 0 Å². The molecule has 0 N–H and O–H groups in total. The van der Waals surface area contributed by atoms with Gasteiger partial charge in [0.05, 0.1) is 0 Å². The molecule has 0 fully saturated rings. The fraction of sp³-hybridized carbons (Fsp3) is 0.0833. The minimum atomic E-state index is -5.18. The SMILES string of the molecule is N#C/C(=c1/cc(-c2ccc(F)cc2)/c(=C(\C#N)C(F)(F)F)cc1-c1ccc(F)cc1)C(F)(F)F. The summed E-state index contributed by atoms with van der Waals surface area (Å²) in [5.74, 6) is -1.51. The summed E-state index contributed by atoms with van der Waals surface area (Å²) in [7, 11) is 0. The van der Waals surface area contributed by atoms with Gasteiger partial charge in [-0.1, -0.05) is 24.3 Å². The van der Waals surface area contributed by atoms with Crippen LogP contribution in [-0.4, -0.2) is 12.4 Å². The molecule has 0 aliphatic carbocycles. The Hall–Kier alpha value is -4.18. The van der Waals surface area contributed by atoms with Gasteiger partial charge in [0.1, 0.15) is 34.9 Å². The molecule has 0 amide bonds. The minimum absolute atomic E-state index is 0.125. The number of rotatable bonds is 2. The molecule has 0 saturated heterocycles. The maximum Gasteiger partial charge on any atom is 0.426 e. The average molecular weight is 478 g/mol. The lowest BCUT2D eigenvalue weighted by Crippen LogP contribution is -2.27. The zero-order chi connectivity index (χ0) is 25.3. The Morgan fingerprint density at radius 1 is 0.559 bits per heavy atom. The van der Waals surface area contributed by atoms with Crippen molar-refractivity contribution in [2.24, 2.45) is 0 Å². The van der Waals surface area contributed by atoms with E-state index in [1.54, 1.807) is 0 Å². The molecule has 0 heterocycles. The van der Waals surface area contributed by atoms with Crippen molar-refractivity contribution >= 4 is 11.1 Å². The van der Waals surface area contributed by atoms with Gasteiger partial charge in [-0.3, -0.25) is 0 Å². The monoisotopic (exact) mass is 478 g/mol. The van der Waals surface area contributed by atoms with Crippen LogP contribution in [0.1, 0.15) is 0 Å². The summed E-state index contributed by atoms with van der Waals surface area (Å²) < 4.78 is 109. The third-order valence-electron chi connectivity index (χ3n) is 4.80. The molecule has 34 heavy (non-hydrogen) atoms. The molecule has 0 aliphatic rings. The van der Waals surface area contributed by atoms with Crippen LogP contribution in [0.5, 0.6) is 0 Å². The van der Waals surface area contributed by atoms with E-state index in [0.29, 0.717) is 12.1 Å². The first-order valence-electron chi connectivity index (χ1n) is 9.26. The summed E-state index contributed by atoms with van der Waals surface area (Å²) >= 11 is 0. The van der Waals surface area contributed by atoms with Gasteiger partial charge in [-0.25, -0.2) is 8.78 Å². The second kappa shape index (κ2) is 8.99. The van der Waals surface area contributed by atoms with Gasteiger partial charge in [-0.05, 0) is 58.7 Å². The van der Waals surface area contributed by atoms with E-state index in [9.17, 15) is 45.6 Å². The Labute approximate surface area is 186 Å². The average Bonchev–Trinajstić information content (AvgIpc) is 2.74. The topological polar surface area (TPSA) is 47.6 Å². The molecule has 3 rings (SSSR count). The predicted octanol–water partition coefficient (Wildman–Crippen LogP) is 5.77. The summed E-state index contributed by atoms with van der Waals surface area (Å²) in [5, 5.41) is 16.9. The second-order valence-corrected chi connectivity index (χ2v) is 6.93. The molecule has 10 heteroatoms. The van der Waals surface area contributed by atoms with E-state index < -0.39 is 56.7 Å². The zero-order valence-corrected chi connectivity index (χ0v) is 16.7. The molecule has 0 unspecified atom stereocenters. The summed E-state index contributed by atoms with van der Waals surface area (Å²) in [6.45, 7) is 0. The third kappa shape index (κ3) is 4.91. The van der Waals surface area contributed by atoms with Gasteiger partial charge in [0, 0.05) is 10.4 Å². The highest BCUT2D eigenvalue weighted by atomic mass is 19.4. The fourth-order valence-electron chi connectivity index (χ4n) is 3.30. The van der Waals surface area contributed by atoms with Crippen molar-refractivity contribution in [3.05, 3.63) is 82.7 Å². The van der Waals surface area contributed by atoms with Crippen LogP contribution in [0.2, 0.25) is 0 Å². The van der Waals surface area contributed by atoms with Crippen LogP contribution < -0.4 is 10.4 Å². The molecule has 0 radical (unpaired) electrons. The summed E-state index contributed by atoms with van der Waals surface area (Å²) in [6.07, 6.45) is -10.4. The van der Waals surface area contributed by atoms with Crippen LogP contribution in [0.25, 0.3) is 33.4 Å². The first-order valence-corrected chi connectivity index (χ1v) is 9.26. The third-order valence-corrected chi connectivity index (χ3v) is 4.80. The maximum absolute atomic E-state index is 13.7. The zero-order valence-electron chi connectivity index (χ0n) is 16.7. The Bertz CT molecular complexity index is 1320. The number of nitriles is 2. The number of benzene rings is 3. The van der Waals surface area contributed by atoms with Crippen molar-refractivity contribution in [2.45, 2.75) is 12.4 Å². The normalized spacial score (nSPS) is 13.6. The smallest absolute Gasteiger partial charge is 0.207 e. The van der Waals surface area contributed by atoms with E-state index >= 15 is 0 Å². The number of nitrogens with zero attached hydrogens (tertiary/aromatic N) is 2. The van der Waals surface area contributed by atoms with Gasteiger partial charge in [0.2, 0.25) is 0 Å². The summed E-state index contributed by atoms with van der Waals surface area (Å²) in [5.41, 5.74) is -4.64. The van der Waals surface area contributed by atoms with Crippen molar-refractivity contribution in [3.8, 4) is 34.4 Å². The molecule has 0 aliphatic heterocycles. The summed E-state index contributed by atoms with van der Waals surface area (Å²) in [6, 6.07) is 11.1. The van der Waals surface area contributed by atoms with Crippen LogP contribution in [0.3, 0.4) is 0 Å². The van der Waals surface area contributed by atoms with Crippen molar-refractivity contribution in [3.63, 3.8) is 0 Å². The van der Waals surface area contributed by atoms with Crippen LogP contribution >= 0.6 is 0 Å². The van der Waals surface area contributed by atoms with Crippen molar-refractivity contribution in [2.75, 3.05) is 0 Å². The number of hydrogen-bond donors (Lipinski definition) is 0. The molecular weight excluding hydrogens is 468 g/mol. The Morgan fingerprint density at radius 2 is 0.853 bits per heavy atom. The van der Waals surface area contributed by atoms with E-state index in [1.807, 2.05) is 0 Å².